The molecule has 1 unspecified atom stereocenters. The molecule has 0 saturated heterocycles. The number of fused-ring (bicyclic) bond motifs is 2. The fourth-order valence-electron chi connectivity index (χ4n) is 5.10. The summed E-state index contributed by atoms with van der Waals surface area (Å²) in [5.74, 6) is 5.02. The van der Waals surface area contributed by atoms with Gasteiger partial charge in [-0.15, -0.1) is 0 Å². The average Bonchev–Trinajstić information content (AvgIpc) is 3.38. The molecule has 2 N–H and O–H groups in total. The Hall–Kier alpha value is -3.73. The van der Waals surface area contributed by atoms with Gasteiger partial charge in [-0.1, -0.05) is 42.5 Å². The molecule has 3 atom stereocenters. The van der Waals surface area contributed by atoms with E-state index in [0.29, 0.717) is 30.4 Å². The molecule has 2 aromatic carbocycles. The highest BCUT2D eigenvalue weighted by atomic mass is 19.1. The van der Waals surface area contributed by atoms with Crippen LogP contribution in [-0.2, 0) is 16.0 Å². The Balaban J connectivity index is 1.49. The van der Waals surface area contributed by atoms with Crippen LogP contribution in [0.4, 0.5) is 4.39 Å². The van der Waals surface area contributed by atoms with E-state index in [-0.39, 0.29) is 5.82 Å². The number of rotatable bonds is 3. The first-order valence-electron chi connectivity index (χ1n) is 11.4. The second-order valence-corrected chi connectivity index (χ2v) is 9.24. The lowest BCUT2D eigenvalue weighted by atomic mass is 9.67. The molecule has 1 fully saturated rings. The Bertz CT molecular complexity index is 1400. The van der Waals surface area contributed by atoms with Gasteiger partial charge < -0.3 is 14.9 Å². The number of hydrogen-bond donors (Lipinski definition) is 2. The molecule has 0 aliphatic heterocycles. The van der Waals surface area contributed by atoms with E-state index >= 15 is 0 Å². The number of carbonyl (C=O) groups is 1. The fourth-order valence-corrected chi connectivity index (χ4v) is 5.10. The third kappa shape index (κ3) is 3.75. The van der Waals surface area contributed by atoms with Gasteiger partial charge in [0.2, 0.25) is 0 Å². The standard InChI is InChI=1S/C28H25FN2O4/c1-27-16-19-17-30-31(22-9-7-21(29)8-10-22)24(19)15-20(27)12-14-28(27,34)13-11-18-5-3-4-6-23(18)25(32)26(33)35-2/h3-10,15,17,25,32,34H,12,14,16H2,1-2H3/t25?,27-,28-/m0/s1. The van der Waals surface area contributed by atoms with Gasteiger partial charge in [-0.25, -0.2) is 13.9 Å². The third-order valence-corrected chi connectivity index (χ3v) is 7.27. The van der Waals surface area contributed by atoms with Gasteiger partial charge in [-0.2, -0.15) is 5.10 Å². The predicted octanol–water partition coefficient (Wildman–Crippen LogP) is 3.74. The number of aromatic nitrogens is 2. The van der Waals surface area contributed by atoms with E-state index in [9.17, 15) is 19.4 Å². The lowest BCUT2D eigenvalue weighted by Crippen LogP contribution is -2.44. The zero-order valence-corrected chi connectivity index (χ0v) is 19.5. The van der Waals surface area contributed by atoms with Crippen LogP contribution in [0.5, 0.6) is 0 Å². The summed E-state index contributed by atoms with van der Waals surface area (Å²) in [5.41, 5.74) is 2.60. The first kappa shape index (κ1) is 23.0. The second kappa shape index (κ2) is 8.49. The number of benzene rings is 2. The summed E-state index contributed by atoms with van der Waals surface area (Å²) in [5, 5.41) is 26.6. The van der Waals surface area contributed by atoms with Crippen molar-refractivity contribution in [3.63, 3.8) is 0 Å². The summed E-state index contributed by atoms with van der Waals surface area (Å²) in [7, 11) is 1.21. The number of methoxy groups -OCH3 is 1. The molecule has 0 radical (unpaired) electrons. The normalized spacial score (nSPS) is 23.4. The monoisotopic (exact) mass is 472 g/mol. The first-order chi connectivity index (χ1) is 16.8. The summed E-state index contributed by atoms with van der Waals surface area (Å²) in [6.07, 6.45) is 4.06. The minimum Gasteiger partial charge on any atom is -0.467 e. The van der Waals surface area contributed by atoms with E-state index in [0.717, 1.165) is 22.5 Å². The van der Waals surface area contributed by atoms with E-state index in [4.69, 9.17) is 0 Å². The van der Waals surface area contributed by atoms with Gasteiger partial charge in [0, 0.05) is 16.5 Å². The van der Waals surface area contributed by atoms with E-state index in [1.54, 1.807) is 47.3 Å². The van der Waals surface area contributed by atoms with Crippen LogP contribution < -0.4 is 0 Å². The van der Waals surface area contributed by atoms with E-state index in [1.165, 1.54) is 19.2 Å². The molecule has 178 valence electrons. The fraction of sp³-hybridized carbons (Fsp3) is 0.286. The molecule has 0 bridgehead atoms. The highest BCUT2D eigenvalue weighted by molar-refractivity contribution is 5.77. The van der Waals surface area contributed by atoms with Crippen LogP contribution in [0, 0.1) is 23.1 Å². The van der Waals surface area contributed by atoms with Gasteiger partial charge in [0.05, 0.1) is 24.7 Å². The highest BCUT2D eigenvalue weighted by Gasteiger charge is 2.54. The molecule has 1 heterocycles. The minimum atomic E-state index is -1.45. The SMILES string of the molecule is COC(=O)C(O)c1ccccc1C#C[C@]1(O)CCC2=Cc3c(cnn3-c3ccc(F)cc3)C[C@@]21C. The lowest BCUT2D eigenvalue weighted by molar-refractivity contribution is -0.150. The smallest absolute Gasteiger partial charge is 0.339 e. The van der Waals surface area contributed by atoms with Crippen LogP contribution in [0.15, 0.2) is 60.3 Å². The lowest BCUT2D eigenvalue weighted by Gasteiger charge is -2.39. The predicted molar refractivity (Wildman–Crippen MR) is 128 cm³/mol. The Morgan fingerprint density at radius 1 is 1.23 bits per heavy atom. The van der Waals surface area contributed by atoms with Gasteiger partial charge in [-0.3, -0.25) is 0 Å². The summed E-state index contributed by atoms with van der Waals surface area (Å²) in [6.45, 7) is 2.01. The maximum Gasteiger partial charge on any atom is 0.339 e. The number of aliphatic hydroxyl groups is 2. The van der Waals surface area contributed by atoms with Crippen molar-refractivity contribution < 1.29 is 24.1 Å². The van der Waals surface area contributed by atoms with Crippen molar-refractivity contribution in [1.29, 1.82) is 0 Å². The molecule has 0 amide bonds. The van der Waals surface area contributed by atoms with Crippen molar-refractivity contribution in [1.82, 2.24) is 9.78 Å². The highest BCUT2D eigenvalue weighted by Crippen LogP contribution is 2.55. The number of carbonyl (C=O) groups excluding carboxylic acids is 1. The Morgan fingerprint density at radius 2 is 1.97 bits per heavy atom. The van der Waals surface area contributed by atoms with E-state index in [2.05, 4.69) is 27.8 Å². The molecule has 2 aliphatic carbocycles. The van der Waals surface area contributed by atoms with Gasteiger partial charge in [-0.05, 0) is 61.2 Å². The van der Waals surface area contributed by atoms with Crippen molar-refractivity contribution >= 4 is 12.0 Å². The molecule has 3 aromatic rings. The summed E-state index contributed by atoms with van der Waals surface area (Å²) in [4.78, 5) is 11.9. The molecule has 1 aromatic heterocycles. The average molecular weight is 473 g/mol. The molecule has 35 heavy (non-hydrogen) atoms. The van der Waals surface area contributed by atoms with Crippen molar-refractivity contribution in [2.45, 2.75) is 37.9 Å². The Morgan fingerprint density at radius 3 is 2.71 bits per heavy atom. The molecule has 1 saturated carbocycles. The van der Waals surface area contributed by atoms with Gasteiger partial charge in [0.25, 0.3) is 0 Å². The number of aliphatic hydroxyl groups excluding tert-OH is 1. The van der Waals surface area contributed by atoms with Crippen molar-refractivity contribution in [3.8, 4) is 17.5 Å². The van der Waals surface area contributed by atoms with Crippen LogP contribution >= 0.6 is 0 Å². The quantitative estimate of drug-likeness (QED) is 0.448. The van der Waals surface area contributed by atoms with Crippen LogP contribution in [0.3, 0.4) is 0 Å². The third-order valence-electron chi connectivity index (χ3n) is 7.27. The van der Waals surface area contributed by atoms with Gasteiger partial charge >= 0.3 is 5.97 Å². The van der Waals surface area contributed by atoms with Gasteiger partial charge in [0.15, 0.2) is 6.10 Å². The number of ether oxygens (including phenoxy) is 1. The molecule has 2 aliphatic rings. The molecular weight excluding hydrogens is 447 g/mol. The van der Waals surface area contributed by atoms with Crippen LogP contribution in [-0.4, -0.2) is 38.7 Å². The summed E-state index contributed by atoms with van der Waals surface area (Å²) in [6, 6.07) is 13.0. The summed E-state index contributed by atoms with van der Waals surface area (Å²) < 4.78 is 19.8. The Labute approximate surface area is 202 Å². The zero-order chi connectivity index (χ0) is 24.8. The van der Waals surface area contributed by atoms with E-state index < -0.39 is 23.1 Å². The molecule has 5 rings (SSSR count). The van der Waals surface area contributed by atoms with Crippen molar-refractivity contribution in [3.05, 3.63) is 88.5 Å². The second-order valence-electron chi connectivity index (χ2n) is 9.24. The van der Waals surface area contributed by atoms with Crippen LogP contribution in [0.1, 0.15) is 48.3 Å². The van der Waals surface area contributed by atoms with Crippen LogP contribution in [0.2, 0.25) is 0 Å². The molecular formula is C28H25FN2O4. The number of halogens is 1. The molecule has 7 heteroatoms. The topological polar surface area (TPSA) is 84.6 Å². The molecule has 6 nitrogen and oxygen atoms in total. The maximum absolute atomic E-state index is 13.4. The van der Waals surface area contributed by atoms with Gasteiger partial charge in [0.1, 0.15) is 11.4 Å². The number of esters is 1. The molecule has 0 spiro atoms. The van der Waals surface area contributed by atoms with Crippen molar-refractivity contribution in [2.75, 3.05) is 7.11 Å². The van der Waals surface area contributed by atoms with Crippen molar-refractivity contribution in [2.24, 2.45) is 5.41 Å². The first-order valence-corrected chi connectivity index (χ1v) is 11.4. The summed E-state index contributed by atoms with van der Waals surface area (Å²) >= 11 is 0. The number of hydrogen-bond acceptors (Lipinski definition) is 5. The van der Waals surface area contributed by atoms with E-state index in [1.807, 2.05) is 6.92 Å². The van der Waals surface area contributed by atoms with Crippen LogP contribution in [0.25, 0.3) is 11.8 Å². The Kier molecular flexibility index (Phi) is 5.59. The zero-order valence-electron chi connectivity index (χ0n) is 19.5. The maximum atomic E-state index is 13.4. The number of nitrogens with zero attached hydrogens (tertiary/aromatic N) is 2. The largest absolute Gasteiger partial charge is 0.467 e. The minimum absolute atomic E-state index is 0.305.